The maximum Gasteiger partial charge on any atom is 0.254 e. The molecule has 0 spiro atoms. The molecule has 0 saturated heterocycles. The first-order valence-corrected chi connectivity index (χ1v) is 10.6. The van der Waals surface area contributed by atoms with Gasteiger partial charge in [-0.3, -0.25) is 9.59 Å². The van der Waals surface area contributed by atoms with Crippen molar-refractivity contribution in [3.63, 3.8) is 0 Å². The van der Waals surface area contributed by atoms with Crippen LogP contribution >= 0.6 is 11.6 Å². The number of amides is 1. The minimum atomic E-state index is -0.595. The quantitative estimate of drug-likeness (QED) is 0.644. The van der Waals surface area contributed by atoms with Crippen LogP contribution in [0, 0.1) is 11.2 Å². The van der Waals surface area contributed by atoms with Crippen molar-refractivity contribution >= 4 is 29.0 Å². The molecule has 1 amide bonds. The summed E-state index contributed by atoms with van der Waals surface area (Å²) in [5.41, 5.74) is 3.37. The molecule has 1 aliphatic heterocycles. The molecule has 1 heterocycles. The van der Waals surface area contributed by atoms with Crippen LogP contribution in [0.25, 0.3) is 0 Å². The first kappa shape index (κ1) is 21.3. The minimum Gasteiger partial charge on any atom is -0.362 e. The normalized spacial score (nSPS) is 20.3. The van der Waals surface area contributed by atoms with Crippen molar-refractivity contribution in [2.75, 3.05) is 5.32 Å². The van der Waals surface area contributed by atoms with Gasteiger partial charge in [-0.25, -0.2) is 4.39 Å². The van der Waals surface area contributed by atoms with Gasteiger partial charge in [0.2, 0.25) is 0 Å². The van der Waals surface area contributed by atoms with Crippen LogP contribution in [0.3, 0.4) is 0 Å². The summed E-state index contributed by atoms with van der Waals surface area (Å²) < 4.78 is 13.6. The zero-order valence-electron chi connectivity index (χ0n) is 17.7. The lowest BCUT2D eigenvalue weighted by Crippen LogP contribution is -2.39. The maximum atomic E-state index is 13.6. The molecule has 0 saturated carbocycles. The number of nitrogens with one attached hydrogen (secondary N) is 2. The molecule has 2 N–H and O–H groups in total. The van der Waals surface area contributed by atoms with E-state index in [1.54, 1.807) is 12.1 Å². The van der Waals surface area contributed by atoms with E-state index < -0.39 is 17.6 Å². The standard InChI is InChI=1S/C25H24ClFN2O2/c1-14-21(24(31)29-16-8-6-7-15(27)11-16)22(17-9-4-5-10-18(17)26)23-19(28-14)12-25(2,3)13-20(23)30/h4-11,22,28H,12-13H2,1-3H3,(H,29,31)/t22-/m1/s1. The van der Waals surface area contributed by atoms with E-state index in [0.29, 0.717) is 46.0 Å². The third-order valence-electron chi connectivity index (χ3n) is 5.78. The highest BCUT2D eigenvalue weighted by molar-refractivity contribution is 6.31. The van der Waals surface area contributed by atoms with Crippen LogP contribution in [0.1, 0.15) is 45.1 Å². The number of Topliss-reactive ketones (excluding diaryl/α,β-unsaturated/α-hetero) is 1. The van der Waals surface area contributed by atoms with Crippen LogP contribution in [-0.4, -0.2) is 11.7 Å². The highest BCUT2D eigenvalue weighted by atomic mass is 35.5. The molecular formula is C25H24ClFN2O2. The summed E-state index contributed by atoms with van der Waals surface area (Å²) in [5.74, 6) is -1.43. The van der Waals surface area contributed by atoms with Gasteiger partial charge in [0.25, 0.3) is 5.91 Å². The molecule has 31 heavy (non-hydrogen) atoms. The highest BCUT2D eigenvalue weighted by Gasteiger charge is 2.43. The van der Waals surface area contributed by atoms with Gasteiger partial charge in [0.1, 0.15) is 5.82 Å². The number of dihydropyridines is 1. The van der Waals surface area contributed by atoms with E-state index in [4.69, 9.17) is 11.6 Å². The van der Waals surface area contributed by atoms with Gasteiger partial charge in [-0.1, -0.05) is 49.7 Å². The summed E-state index contributed by atoms with van der Waals surface area (Å²) in [6.07, 6.45) is 1.09. The molecule has 4 rings (SSSR count). The third-order valence-corrected chi connectivity index (χ3v) is 6.13. The predicted octanol–water partition coefficient (Wildman–Crippen LogP) is 5.72. The van der Waals surface area contributed by atoms with Crippen LogP contribution in [-0.2, 0) is 9.59 Å². The summed E-state index contributed by atoms with van der Waals surface area (Å²) in [6, 6.07) is 13.0. The number of carbonyl (C=O) groups is 2. The topological polar surface area (TPSA) is 58.2 Å². The summed E-state index contributed by atoms with van der Waals surface area (Å²) in [5, 5.41) is 6.58. The molecule has 1 atom stereocenters. The molecule has 6 heteroatoms. The maximum absolute atomic E-state index is 13.6. The Kier molecular flexibility index (Phi) is 5.48. The van der Waals surface area contributed by atoms with Gasteiger partial charge in [-0.15, -0.1) is 0 Å². The van der Waals surface area contributed by atoms with E-state index in [2.05, 4.69) is 24.5 Å². The average Bonchev–Trinajstić information content (AvgIpc) is 2.66. The third kappa shape index (κ3) is 4.15. The molecule has 0 fully saturated rings. The van der Waals surface area contributed by atoms with Crippen molar-refractivity contribution in [3.8, 4) is 0 Å². The van der Waals surface area contributed by atoms with E-state index in [-0.39, 0.29) is 11.2 Å². The van der Waals surface area contributed by atoms with Crippen LogP contribution in [0.4, 0.5) is 10.1 Å². The Bertz CT molecular complexity index is 1150. The number of rotatable bonds is 3. The van der Waals surface area contributed by atoms with Gasteiger partial charge in [-0.05, 0) is 48.6 Å². The number of carbonyl (C=O) groups excluding carboxylic acids is 2. The lowest BCUT2D eigenvalue weighted by molar-refractivity contribution is -0.118. The summed E-state index contributed by atoms with van der Waals surface area (Å²) >= 11 is 6.53. The van der Waals surface area contributed by atoms with Crippen molar-refractivity contribution < 1.29 is 14.0 Å². The zero-order valence-corrected chi connectivity index (χ0v) is 18.4. The second-order valence-electron chi connectivity index (χ2n) is 8.92. The van der Waals surface area contributed by atoms with Crippen molar-refractivity contribution in [1.82, 2.24) is 5.32 Å². The number of halogens is 2. The fraction of sp³-hybridized carbons (Fsp3) is 0.280. The van der Waals surface area contributed by atoms with Crippen LogP contribution < -0.4 is 10.6 Å². The number of hydrogen-bond donors (Lipinski definition) is 2. The van der Waals surface area contributed by atoms with Crippen LogP contribution in [0.2, 0.25) is 5.02 Å². The summed E-state index contributed by atoms with van der Waals surface area (Å²) in [4.78, 5) is 26.7. The van der Waals surface area contributed by atoms with E-state index in [0.717, 1.165) is 5.70 Å². The van der Waals surface area contributed by atoms with E-state index in [1.807, 2.05) is 25.1 Å². The lowest BCUT2D eigenvalue weighted by atomic mass is 9.68. The van der Waals surface area contributed by atoms with Crippen molar-refractivity contribution in [2.45, 2.75) is 39.5 Å². The monoisotopic (exact) mass is 438 g/mol. The van der Waals surface area contributed by atoms with Crippen molar-refractivity contribution in [3.05, 3.63) is 87.5 Å². The molecule has 160 valence electrons. The largest absolute Gasteiger partial charge is 0.362 e. The molecule has 0 aromatic heterocycles. The number of anilines is 1. The molecule has 0 bridgehead atoms. The molecule has 0 unspecified atom stereocenters. The first-order chi connectivity index (χ1) is 14.7. The molecule has 2 aromatic carbocycles. The van der Waals surface area contributed by atoms with Crippen LogP contribution in [0.5, 0.6) is 0 Å². The van der Waals surface area contributed by atoms with E-state index in [1.165, 1.54) is 18.2 Å². The summed E-state index contributed by atoms with van der Waals surface area (Å²) in [6.45, 7) is 5.94. The van der Waals surface area contributed by atoms with Gasteiger partial charge in [0.15, 0.2) is 5.78 Å². The van der Waals surface area contributed by atoms with Gasteiger partial charge in [0.05, 0.1) is 0 Å². The predicted molar refractivity (Wildman–Crippen MR) is 120 cm³/mol. The molecule has 2 aromatic rings. The fourth-order valence-electron chi connectivity index (χ4n) is 4.52. The van der Waals surface area contributed by atoms with Gasteiger partial charge in [-0.2, -0.15) is 0 Å². The molecule has 2 aliphatic rings. The van der Waals surface area contributed by atoms with Gasteiger partial charge < -0.3 is 10.6 Å². The Balaban J connectivity index is 1.83. The number of benzene rings is 2. The number of allylic oxidation sites excluding steroid dienone is 3. The minimum absolute atomic E-state index is 0.00669. The van der Waals surface area contributed by atoms with Gasteiger partial charge in [0, 0.05) is 45.6 Å². The Morgan fingerprint density at radius 1 is 1.16 bits per heavy atom. The Morgan fingerprint density at radius 3 is 2.61 bits per heavy atom. The van der Waals surface area contributed by atoms with E-state index in [9.17, 15) is 14.0 Å². The summed E-state index contributed by atoms with van der Waals surface area (Å²) in [7, 11) is 0. The number of hydrogen-bond acceptors (Lipinski definition) is 3. The van der Waals surface area contributed by atoms with Crippen LogP contribution in [0.15, 0.2) is 71.1 Å². The van der Waals surface area contributed by atoms with E-state index >= 15 is 0 Å². The molecule has 4 nitrogen and oxygen atoms in total. The van der Waals surface area contributed by atoms with Gasteiger partial charge >= 0.3 is 0 Å². The second kappa shape index (κ2) is 7.97. The first-order valence-electron chi connectivity index (χ1n) is 10.2. The Hall–Kier alpha value is -2.92. The Labute approximate surface area is 186 Å². The highest BCUT2D eigenvalue weighted by Crippen LogP contribution is 2.47. The average molecular weight is 439 g/mol. The molecule has 1 aliphatic carbocycles. The molecular weight excluding hydrogens is 415 g/mol. The zero-order chi connectivity index (χ0) is 22.3. The second-order valence-corrected chi connectivity index (χ2v) is 9.32. The SMILES string of the molecule is CC1=C(C(=O)Nc2cccc(F)c2)[C@@H](c2ccccc2Cl)C2=C(CC(C)(C)CC2=O)N1. The molecule has 0 radical (unpaired) electrons. The lowest BCUT2D eigenvalue weighted by Gasteiger charge is -2.39. The number of ketones is 1. The Morgan fingerprint density at radius 2 is 1.90 bits per heavy atom. The smallest absolute Gasteiger partial charge is 0.254 e. The van der Waals surface area contributed by atoms with Crippen molar-refractivity contribution in [2.24, 2.45) is 5.41 Å². The van der Waals surface area contributed by atoms with Crippen molar-refractivity contribution in [1.29, 1.82) is 0 Å². The fourth-order valence-corrected chi connectivity index (χ4v) is 4.77.